The first kappa shape index (κ1) is 48.7. The maximum absolute atomic E-state index is 13.8. The molecule has 1 aromatic heterocycles. The highest BCUT2D eigenvalue weighted by Crippen LogP contribution is 2.28. The fourth-order valence-corrected chi connectivity index (χ4v) is 6.84. The van der Waals surface area contributed by atoms with E-state index in [-0.39, 0.29) is 45.2 Å². The fraction of sp³-hybridized carbons (Fsp3) is 0.700. The molecule has 0 radical (unpaired) electrons. The number of benzene rings is 1. The van der Waals surface area contributed by atoms with Crippen molar-refractivity contribution in [1.29, 1.82) is 0 Å². The minimum Gasteiger partial charge on any atom is -0.391 e. The molecule has 0 saturated carbocycles. The van der Waals surface area contributed by atoms with Crippen molar-refractivity contribution in [3.05, 3.63) is 51.5 Å². The van der Waals surface area contributed by atoms with E-state index in [1.165, 1.54) is 4.90 Å². The van der Waals surface area contributed by atoms with Crippen molar-refractivity contribution in [2.75, 3.05) is 92.4 Å². The Bertz CT molecular complexity index is 1530. The number of aromatic nitrogens is 1. The molecule has 3 atom stereocenters. The van der Waals surface area contributed by atoms with Crippen molar-refractivity contribution < 1.29 is 47.9 Å². The second-order valence-corrected chi connectivity index (χ2v) is 15.8. The zero-order chi connectivity index (χ0) is 42.0. The molecule has 2 aromatic rings. The number of amides is 3. The normalized spacial score (nSPS) is 15.9. The lowest BCUT2D eigenvalue weighted by Gasteiger charge is -2.35. The van der Waals surface area contributed by atoms with Crippen molar-refractivity contribution in [1.82, 2.24) is 20.5 Å². The lowest BCUT2D eigenvalue weighted by Crippen LogP contribution is -2.58. The number of rotatable bonds is 30. The van der Waals surface area contributed by atoms with Crippen molar-refractivity contribution >= 4 is 29.1 Å². The van der Waals surface area contributed by atoms with Gasteiger partial charge in [0.15, 0.2) is 0 Å². The van der Waals surface area contributed by atoms with Crippen molar-refractivity contribution in [2.45, 2.75) is 84.5 Å². The largest absolute Gasteiger partial charge is 0.391 e. The second kappa shape index (κ2) is 27.9. The van der Waals surface area contributed by atoms with Gasteiger partial charge in [0.25, 0.3) is 0 Å². The first-order valence-corrected chi connectivity index (χ1v) is 20.9. The number of aryl methyl sites for hydroxylation is 1. The van der Waals surface area contributed by atoms with Crippen LogP contribution in [-0.2, 0) is 49.3 Å². The molecule has 0 spiro atoms. The van der Waals surface area contributed by atoms with E-state index >= 15 is 0 Å². The number of nitrogens with one attached hydrogen (secondary N) is 2. The molecular weight excluding hydrogens is 771 g/mol. The van der Waals surface area contributed by atoms with Gasteiger partial charge in [-0.3, -0.25) is 14.4 Å². The minimum absolute atomic E-state index is 0.00961. The van der Waals surface area contributed by atoms with E-state index < -0.39 is 35.4 Å². The summed E-state index contributed by atoms with van der Waals surface area (Å²) in [6, 6.07) is 6.03. The van der Waals surface area contributed by atoms with Crippen LogP contribution in [0, 0.1) is 12.3 Å². The van der Waals surface area contributed by atoms with Gasteiger partial charge in [-0.25, -0.2) is 4.98 Å². The Morgan fingerprint density at radius 3 is 2.02 bits per heavy atom. The zero-order valence-corrected chi connectivity index (χ0v) is 35.3. The molecule has 1 aliphatic rings. The van der Waals surface area contributed by atoms with Gasteiger partial charge in [-0.05, 0) is 41.8 Å². The molecule has 3 rings (SSSR count). The van der Waals surface area contributed by atoms with E-state index in [2.05, 4.69) is 25.6 Å². The third kappa shape index (κ3) is 18.9. The summed E-state index contributed by atoms with van der Waals surface area (Å²) in [5.74, 6) is -1.28. The van der Waals surface area contributed by atoms with Crippen LogP contribution in [0.25, 0.3) is 20.9 Å². The first-order chi connectivity index (χ1) is 28.0. The highest BCUT2D eigenvalue weighted by molar-refractivity contribution is 7.13. The van der Waals surface area contributed by atoms with Gasteiger partial charge in [0.2, 0.25) is 17.7 Å². The number of azide groups is 1. The highest BCUT2D eigenvalue weighted by Gasteiger charge is 2.44. The van der Waals surface area contributed by atoms with Gasteiger partial charge in [-0.2, -0.15) is 0 Å². The summed E-state index contributed by atoms with van der Waals surface area (Å²) in [5.41, 5.74) is 12.3. The van der Waals surface area contributed by atoms with E-state index in [1.807, 2.05) is 57.5 Å². The number of β-amino-alcohol motifs (C(OH)–C–C–N with tert-alkyl or cyclic N) is 1. The summed E-state index contributed by atoms with van der Waals surface area (Å²) in [7, 11) is 0. The van der Waals surface area contributed by atoms with E-state index in [1.54, 1.807) is 11.3 Å². The summed E-state index contributed by atoms with van der Waals surface area (Å²) >= 11 is 1.57. The molecule has 1 aromatic carbocycles. The molecule has 17 nitrogen and oxygen atoms in total. The van der Waals surface area contributed by atoms with E-state index in [0.717, 1.165) is 47.4 Å². The van der Waals surface area contributed by atoms with Gasteiger partial charge in [0, 0.05) is 37.6 Å². The van der Waals surface area contributed by atoms with Crippen LogP contribution >= 0.6 is 11.3 Å². The molecule has 58 heavy (non-hydrogen) atoms. The Kier molecular flexibility index (Phi) is 23.4. The number of unbranched alkanes of at least 4 members (excludes halogenated alkanes) is 3. The van der Waals surface area contributed by atoms with Crippen molar-refractivity contribution in [2.24, 2.45) is 10.5 Å². The van der Waals surface area contributed by atoms with Gasteiger partial charge in [-0.15, -0.1) is 11.3 Å². The van der Waals surface area contributed by atoms with Crippen LogP contribution in [0.15, 0.2) is 34.9 Å². The first-order valence-electron chi connectivity index (χ1n) is 20.0. The van der Waals surface area contributed by atoms with E-state index in [0.29, 0.717) is 66.0 Å². The lowest BCUT2D eigenvalue weighted by molar-refractivity contribution is -0.144. The number of aliphatic hydroxyl groups excluding tert-OH is 1. The second-order valence-electron chi connectivity index (χ2n) is 14.9. The molecule has 2 heterocycles. The number of carbonyl (C=O) groups is 3. The smallest absolute Gasteiger partial charge is 0.246 e. The van der Waals surface area contributed by atoms with Crippen LogP contribution in [0.4, 0.5) is 0 Å². The maximum atomic E-state index is 13.8. The monoisotopic (exact) mass is 833 g/mol. The Hall–Kier alpha value is -3.71. The molecule has 0 unspecified atom stereocenters. The summed E-state index contributed by atoms with van der Waals surface area (Å²) in [6.07, 6.45) is 3.21. The predicted molar refractivity (Wildman–Crippen MR) is 219 cm³/mol. The number of carbonyl (C=O) groups excluding carboxylic acids is 3. The molecular formula is C40H63N7O10S. The molecule has 324 valence electrons. The van der Waals surface area contributed by atoms with E-state index in [4.69, 9.17) is 34.0 Å². The third-order valence-electron chi connectivity index (χ3n) is 9.16. The van der Waals surface area contributed by atoms with Crippen LogP contribution in [0.1, 0.15) is 64.1 Å². The Balaban J connectivity index is 1.22. The fourth-order valence-electron chi connectivity index (χ4n) is 6.03. The standard InChI is InChI=1S/C40H63N7O10S/c1-30-36(58-29-43-30)32-11-9-31(10-12-32)26-42-38(50)34-25-33(48)27-47(34)39(51)37(40(2,3)4)45-35(49)28-57-24-23-56-22-21-55-20-19-54-18-17-53-16-15-52-14-8-6-5-7-13-44-46-41/h9-12,29,33-34,37,48H,5-8,13-28H2,1-4H3,(H,42,50)(H,45,49)/t33-,34+,37-/m1/s1. The predicted octanol–water partition coefficient (Wildman–Crippen LogP) is 4.20. The van der Waals surface area contributed by atoms with Crippen LogP contribution in [0.5, 0.6) is 0 Å². The Morgan fingerprint density at radius 1 is 0.897 bits per heavy atom. The molecule has 0 bridgehead atoms. The van der Waals surface area contributed by atoms with Gasteiger partial charge in [0.05, 0.1) is 88.3 Å². The molecule has 1 fully saturated rings. The summed E-state index contributed by atoms with van der Waals surface area (Å²) in [4.78, 5) is 49.5. The van der Waals surface area contributed by atoms with Crippen molar-refractivity contribution in [3.63, 3.8) is 0 Å². The number of hydrogen-bond donors (Lipinski definition) is 3. The Labute approximate surface area is 346 Å². The molecule has 3 amide bonds. The number of hydrogen-bond acceptors (Lipinski definition) is 13. The van der Waals surface area contributed by atoms with Crippen LogP contribution < -0.4 is 10.6 Å². The molecule has 3 N–H and O–H groups in total. The molecule has 0 aliphatic carbocycles. The summed E-state index contributed by atoms with van der Waals surface area (Å²) < 4.78 is 33.0. The average Bonchev–Trinajstić information content (AvgIpc) is 3.82. The molecule has 1 saturated heterocycles. The molecule has 18 heteroatoms. The minimum atomic E-state index is -0.952. The maximum Gasteiger partial charge on any atom is 0.246 e. The number of thiazole rings is 1. The Morgan fingerprint density at radius 2 is 1.47 bits per heavy atom. The van der Waals surface area contributed by atoms with Gasteiger partial charge >= 0.3 is 0 Å². The highest BCUT2D eigenvalue weighted by atomic mass is 32.1. The van der Waals surface area contributed by atoms with Gasteiger partial charge in [-0.1, -0.05) is 63.0 Å². The lowest BCUT2D eigenvalue weighted by atomic mass is 9.85. The average molecular weight is 834 g/mol. The van der Waals surface area contributed by atoms with Crippen LogP contribution in [0.2, 0.25) is 0 Å². The summed E-state index contributed by atoms with van der Waals surface area (Å²) in [5, 5.41) is 19.7. The topological polar surface area (TPSA) is 216 Å². The zero-order valence-electron chi connectivity index (χ0n) is 34.5. The van der Waals surface area contributed by atoms with E-state index in [9.17, 15) is 19.5 Å². The summed E-state index contributed by atoms with van der Waals surface area (Å²) in [6.45, 7) is 12.7. The molecule has 1 aliphatic heterocycles. The number of ether oxygens (including phenoxy) is 6. The van der Waals surface area contributed by atoms with Gasteiger partial charge in [0.1, 0.15) is 18.7 Å². The number of aliphatic hydroxyl groups is 1. The number of likely N-dealkylation sites (tertiary alicyclic amines) is 1. The van der Waals surface area contributed by atoms with Crippen LogP contribution in [-0.4, -0.2) is 143 Å². The quantitative estimate of drug-likeness (QED) is 0.0439. The SMILES string of the molecule is Cc1ncsc1-c1ccc(CNC(=O)[C@@H]2C[C@@H](O)CN2C(=O)[C@@H](NC(=O)COCCOCCOCCOCCOCCOCCCCCCN=[N+]=[N-])C(C)(C)C)cc1. The number of nitrogens with zero attached hydrogens (tertiary/aromatic N) is 5. The van der Waals surface area contributed by atoms with Crippen LogP contribution in [0.3, 0.4) is 0 Å². The van der Waals surface area contributed by atoms with Crippen molar-refractivity contribution in [3.8, 4) is 10.4 Å². The van der Waals surface area contributed by atoms with Gasteiger partial charge < -0.3 is 49.1 Å². The third-order valence-corrected chi connectivity index (χ3v) is 10.1.